The van der Waals surface area contributed by atoms with Crippen LogP contribution in [0.5, 0.6) is 0 Å². The summed E-state index contributed by atoms with van der Waals surface area (Å²) in [5.41, 5.74) is -0.394. The van der Waals surface area contributed by atoms with Gasteiger partial charge in [0.25, 0.3) is 0 Å². The van der Waals surface area contributed by atoms with Crippen LogP contribution in [-0.4, -0.2) is 40.1 Å². The molecule has 0 atom stereocenters. The minimum Gasteiger partial charge on any atom is -0.423 e. The molecule has 2 N–H and O–H groups in total. The van der Waals surface area contributed by atoms with E-state index in [0.29, 0.717) is 0 Å². The highest BCUT2D eigenvalue weighted by Crippen LogP contribution is 2.16. The van der Waals surface area contributed by atoms with Gasteiger partial charge < -0.3 is 14.9 Å². The summed E-state index contributed by atoms with van der Waals surface area (Å²) in [6, 6.07) is 0. The molecule has 1 aromatic heterocycles. The minimum absolute atomic E-state index is 0.0687. The highest BCUT2D eigenvalue weighted by atomic mass is 35.5. The van der Waals surface area contributed by atoms with E-state index in [4.69, 9.17) is 35.4 Å². The molecule has 5 nitrogen and oxygen atoms in total. The molecule has 2 rings (SSSR count). The average molecular weight is 252 g/mol. The minimum atomic E-state index is -3.56. The Bertz CT molecular complexity index is 704. The Hall–Kier alpha value is -0.845. The van der Waals surface area contributed by atoms with Gasteiger partial charge in [-0.3, -0.25) is 0 Å². The second-order valence-corrected chi connectivity index (χ2v) is 3.08. The van der Waals surface area contributed by atoms with Crippen molar-refractivity contribution in [1.29, 1.82) is 0 Å². The lowest BCUT2D eigenvalue weighted by Crippen LogP contribution is -2.35. The predicted molar refractivity (Wildman–Crippen MR) is 62.9 cm³/mol. The second kappa shape index (κ2) is 4.99. The fraction of sp³-hybridized carbons (Fsp3) is 0.556. The molecular weight excluding hydrogens is 228 g/mol. The number of nitrogens with zero attached hydrogens (tertiary/aromatic N) is 3. The average Bonchev–Trinajstić information content (AvgIpc) is 2.44. The highest BCUT2D eigenvalue weighted by Gasteiger charge is 2.20. The third-order valence-corrected chi connectivity index (χ3v) is 2.00. The highest BCUT2D eigenvalue weighted by molar-refractivity contribution is 6.62. The van der Waals surface area contributed by atoms with Gasteiger partial charge in [-0.2, -0.15) is 0 Å². The lowest BCUT2D eigenvalue weighted by atomic mass is 9.83. The van der Waals surface area contributed by atoms with Crippen molar-refractivity contribution in [3.63, 3.8) is 0 Å². The van der Waals surface area contributed by atoms with Crippen LogP contribution in [0.1, 0.15) is 32.8 Å². The van der Waals surface area contributed by atoms with Gasteiger partial charge in [-0.05, 0) is 19.1 Å². The van der Waals surface area contributed by atoms with E-state index in [-0.39, 0.29) is 4.90 Å². The quantitative estimate of drug-likeness (QED) is 0.563. The van der Waals surface area contributed by atoms with E-state index in [1.54, 1.807) is 0 Å². The number of piperidine rings is 1. The molecule has 0 unspecified atom stereocenters. The normalized spacial score (nSPS) is 41.3. The van der Waals surface area contributed by atoms with E-state index < -0.39 is 55.8 Å². The third-order valence-electron chi connectivity index (χ3n) is 1.69. The van der Waals surface area contributed by atoms with E-state index in [1.807, 2.05) is 0 Å². The molecule has 1 saturated heterocycles. The summed E-state index contributed by atoms with van der Waals surface area (Å²) >= 11 is 5.72. The Balaban J connectivity index is 2.76. The van der Waals surface area contributed by atoms with Crippen molar-refractivity contribution < 1.29 is 23.8 Å². The molecule has 16 heavy (non-hydrogen) atoms. The lowest BCUT2D eigenvalue weighted by Gasteiger charge is -2.26. The van der Waals surface area contributed by atoms with Crippen LogP contribution in [0, 0.1) is 0 Å². The molecule has 86 valence electrons. The molecule has 1 aromatic rings. The zero-order valence-corrected chi connectivity index (χ0v) is 8.52. The third kappa shape index (κ3) is 2.45. The SMILES string of the molecule is [2H]C1([2H])N(c2ncc(B(O)O)c(Cl)n2)C([2H])([2H])C([2H])([2H])C([2H])([2H])C1([2H])[2H]. The molecule has 1 fully saturated rings. The van der Waals surface area contributed by atoms with Crippen molar-refractivity contribution in [2.75, 3.05) is 17.9 Å². The van der Waals surface area contributed by atoms with Crippen LogP contribution in [0.25, 0.3) is 0 Å². The summed E-state index contributed by atoms with van der Waals surface area (Å²) < 4.78 is 78.5. The number of anilines is 1. The van der Waals surface area contributed by atoms with Gasteiger partial charge in [0.15, 0.2) is 0 Å². The van der Waals surface area contributed by atoms with Gasteiger partial charge in [0, 0.05) is 38.4 Å². The monoisotopic (exact) mass is 251 g/mol. The van der Waals surface area contributed by atoms with Crippen LogP contribution >= 0.6 is 11.6 Å². The van der Waals surface area contributed by atoms with Crippen LogP contribution < -0.4 is 10.4 Å². The Morgan fingerprint density at radius 2 is 2.06 bits per heavy atom. The maximum Gasteiger partial charge on any atom is 0.493 e. The number of aromatic nitrogens is 2. The van der Waals surface area contributed by atoms with Gasteiger partial charge in [-0.25, -0.2) is 9.97 Å². The first-order valence-electron chi connectivity index (χ1n) is 9.13. The van der Waals surface area contributed by atoms with Crippen LogP contribution in [0.3, 0.4) is 0 Å². The van der Waals surface area contributed by atoms with Crippen LogP contribution in [0.4, 0.5) is 5.95 Å². The zero-order valence-electron chi connectivity index (χ0n) is 17.8. The van der Waals surface area contributed by atoms with E-state index in [1.165, 1.54) is 0 Å². The molecule has 1 aliphatic rings. The molecule has 0 amide bonds. The van der Waals surface area contributed by atoms with Crippen molar-refractivity contribution >= 4 is 30.1 Å². The number of rotatable bonds is 2. The van der Waals surface area contributed by atoms with E-state index >= 15 is 0 Å². The molecule has 0 spiro atoms. The summed E-state index contributed by atoms with van der Waals surface area (Å²) in [5.74, 6) is -0.891. The maximum atomic E-state index is 9.11. The van der Waals surface area contributed by atoms with Gasteiger partial charge in [-0.1, -0.05) is 11.6 Å². The first-order valence-corrected chi connectivity index (χ1v) is 4.51. The molecule has 0 radical (unpaired) electrons. The van der Waals surface area contributed by atoms with Crippen molar-refractivity contribution in [1.82, 2.24) is 9.97 Å². The van der Waals surface area contributed by atoms with Gasteiger partial charge in [-0.15, -0.1) is 0 Å². The maximum absolute atomic E-state index is 9.11. The van der Waals surface area contributed by atoms with Crippen molar-refractivity contribution in [3.05, 3.63) is 11.3 Å². The number of hydrogen-bond acceptors (Lipinski definition) is 5. The van der Waals surface area contributed by atoms with Gasteiger partial charge >= 0.3 is 7.12 Å². The Morgan fingerprint density at radius 3 is 2.62 bits per heavy atom. The zero-order chi connectivity index (χ0) is 20.5. The molecule has 0 saturated carbocycles. The first-order chi connectivity index (χ1) is 11.4. The van der Waals surface area contributed by atoms with Crippen molar-refractivity contribution in [2.45, 2.75) is 19.1 Å². The first kappa shape index (κ1) is 4.44. The predicted octanol–water partition coefficient (Wildman–Crippen LogP) is -0.200. The fourth-order valence-corrected chi connectivity index (χ4v) is 1.19. The standard InChI is InChI=1S/C9H13BClN3O2/c11-8-7(10(15)16)6-12-9(13-8)14-4-2-1-3-5-14/h6,15-16H,1-5H2/i1D2,2D2,3D2,4D2,5D2. The molecule has 7 heteroatoms. The van der Waals surface area contributed by atoms with Crippen molar-refractivity contribution in [2.24, 2.45) is 0 Å². The molecule has 1 aliphatic heterocycles. The summed E-state index contributed by atoms with van der Waals surface area (Å²) in [7, 11) is -2.08. The second-order valence-electron chi connectivity index (χ2n) is 2.72. The number of halogens is 1. The van der Waals surface area contributed by atoms with E-state index in [0.717, 1.165) is 6.20 Å². The Labute approximate surface area is 113 Å². The molecule has 0 aromatic carbocycles. The molecular formula is C9H13BClN3O2. The van der Waals surface area contributed by atoms with Crippen LogP contribution in [0.2, 0.25) is 5.15 Å². The Kier molecular flexibility index (Phi) is 1.38. The largest absolute Gasteiger partial charge is 0.493 e. The fourth-order valence-electron chi connectivity index (χ4n) is 0.970. The van der Waals surface area contributed by atoms with E-state index in [9.17, 15) is 0 Å². The van der Waals surface area contributed by atoms with Crippen molar-refractivity contribution in [3.8, 4) is 0 Å². The van der Waals surface area contributed by atoms with Crippen LogP contribution in [0.15, 0.2) is 6.20 Å². The summed E-state index contributed by atoms with van der Waals surface area (Å²) in [5, 5.41) is 17.6. The summed E-state index contributed by atoms with van der Waals surface area (Å²) in [4.78, 5) is 6.97. The van der Waals surface area contributed by atoms with Gasteiger partial charge in [0.1, 0.15) is 5.15 Å². The van der Waals surface area contributed by atoms with Gasteiger partial charge in [0.2, 0.25) is 5.95 Å². The molecule has 0 bridgehead atoms. The number of hydrogen-bond donors (Lipinski definition) is 2. The van der Waals surface area contributed by atoms with E-state index in [2.05, 4.69) is 9.97 Å². The molecule has 2 heterocycles. The topological polar surface area (TPSA) is 69.5 Å². The summed E-state index contributed by atoms with van der Waals surface area (Å²) in [6.45, 7) is -6.87. The van der Waals surface area contributed by atoms with Crippen LogP contribution in [-0.2, 0) is 0 Å². The molecule has 0 aliphatic carbocycles. The smallest absolute Gasteiger partial charge is 0.423 e. The Morgan fingerprint density at radius 1 is 1.38 bits per heavy atom. The van der Waals surface area contributed by atoms with Gasteiger partial charge in [0.05, 0.1) is 0 Å². The summed E-state index contributed by atoms with van der Waals surface area (Å²) in [6.07, 6.45) is -9.88. The lowest BCUT2D eigenvalue weighted by molar-refractivity contribution is 0.425.